The van der Waals surface area contributed by atoms with E-state index >= 15 is 0 Å². The lowest BCUT2D eigenvalue weighted by atomic mass is 9.53. The van der Waals surface area contributed by atoms with Crippen molar-refractivity contribution in [2.24, 2.45) is 5.92 Å². The molecule has 1 fully saturated rings. The molecule has 2 aliphatic carbocycles. The molecule has 116 valence electrons. The lowest BCUT2D eigenvalue weighted by Gasteiger charge is -2.56. The van der Waals surface area contributed by atoms with Crippen molar-refractivity contribution in [3.8, 4) is 11.5 Å². The van der Waals surface area contributed by atoms with Gasteiger partial charge in [-0.25, -0.2) is 0 Å². The minimum absolute atomic E-state index is 0.0331. The van der Waals surface area contributed by atoms with Crippen molar-refractivity contribution in [2.45, 2.75) is 35.8 Å². The van der Waals surface area contributed by atoms with Crippen LogP contribution < -0.4 is 9.47 Å². The normalized spacial score (nSPS) is 41.0. The first kappa shape index (κ1) is 13.3. The van der Waals surface area contributed by atoms with Crippen molar-refractivity contribution in [3.05, 3.63) is 35.4 Å². The quantitative estimate of drug-likeness (QED) is 0.587. The third-order valence-electron chi connectivity index (χ3n) is 6.32. The van der Waals surface area contributed by atoms with Crippen molar-refractivity contribution in [3.63, 3.8) is 0 Å². The van der Waals surface area contributed by atoms with Crippen LogP contribution in [-0.2, 0) is 11.8 Å². The number of hydrogen-bond acceptors (Lipinski definition) is 3. The van der Waals surface area contributed by atoms with Gasteiger partial charge in [-0.15, -0.1) is 11.6 Å². The Balaban J connectivity index is 1.82. The summed E-state index contributed by atoms with van der Waals surface area (Å²) in [6.45, 7) is 1.11. The van der Waals surface area contributed by atoms with Gasteiger partial charge in [0, 0.05) is 22.9 Å². The molecule has 2 aliphatic heterocycles. The second-order valence-electron chi connectivity index (χ2n) is 7.07. The van der Waals surface area contributed by atoms with Crippen LogP contribution in [0, 0.1) is 5.92 Å². The Kier molecular flexibility index (Phi) is 2.54. The van der Waals surface area contributed by atoms with E-state index in [1.165, 1.54) is 11.1 Å². The summed E-state index contributed by atoms with van der Waals surface area (Å²) in [6, 6.07) is 4.83. The van der Waals surface area contributed by atoms with Crippen LogP contribution in [0.25, 0.3) is 0 Å². The lowest BCUT2D eigenvalue weighted by Crippen LogP contribution is -2.64. The number of nitrogens with zero attached hydrogens (tertiary/aromatic N) is 1. The van der Waals surface area contributed by atoms with E-state index in [1.54, 1.807) is 7.11 Å². The average Bonchev–Trinajstić information content (AvgIpc) is 2.88. The van der Waals surface area contributed by atoms with E-state index < -0.39 is 0 Å². The van der Waals surface area contributed by atoms with Crippen LogP contribution in [0.3, 0.4) is 0 Å². The smallest absolute Gasteiger partial charge is 0.165 e. The highest BCUT2D eigenvalue weighted by molar-refractivity contribution is 6.22. The zero-order chi connectivity index (χ0) is 15.1. The van der Waals surface area contributed by atoms with E-state index in [1.807, 2.05) is 0 Å². The number of ether oxygens (including phenoxy) is 2. The molecule has 2 heterocycles. The predicted octanol–water partition coefficient (Wildman–Crippen LogP) is 2.75. The zero-order valence-corrected chi connectivity index (χ0v) is 13.6. The molecule has 4 heteroatoms. The second kappa shape index (κ2) is 4.21. The Morgan fingerprint density at radius 3 is 3.05 bits per heavy atom. The molecular formula is C18H20ClNO2. The van der Waals surface area contributed by atoms with Crippen LogP contribution >= 0.6 is 11.6 Å². The summed E-state index contributed by atoms with van der Waals surface area (Å²) in [5.74, 6) is 2.29. The lowest BCUT2D eigenvalue weighted by molar-refractivity contribution is 0.00341. The number of benzene rings is 1. The Bertz CT molecular complexity index is 688. The maximum Gasteiger partial charge on any atom is 0.165 e. The second-order valence-corrected chi connectivity index (χ2v) is 7.57. The molecule has 1 aromatic rings. The topological polar surface area (TPSA) is 21.7 Å². The van der Waals surface area contributed by atoms with Gasteiger partial charge in [0.25, 0.3) is 0 Å². The third kappa shape index (κ3) is 1.34. The summed E-state index contributed by atoms with van der Waals surface area (Å²) in [5, 5.41) is -0.0663. The van der Waals surface area contributed by atoms with Crippen molar-refractivity contribution in [1.29, 1.82) is 0 Å². The van der Waals surface area contributed by atoms with Gasteiger partial charge in [0.15, 0.2) is 11.5 Å². The van der Waals surface area contributed by atoms with Gasteiger partial charge >= 0.3 is 0 Å². The summed E-state index contributed by atoms with van der Waals surface area (Å²) < 4.78 is 12.0. The molecule has 22 heavy (non-hydrogen) atoms. The fourth-order valence-corrected chi connectivity index (χ4v) is 5.72. The number of hydrogen-bond donors (Lipinski definition) is 0. The Morgan fingerprint density at radius 2 is 2.23 bits per heavy atom. The minimum atomic E-state index is -0.0663. The highest BCUT2D eigenvalue weighted by Gasteiger charge is 2.64. The fourth-order valence-electron chi connectivity index (χ4n) is 5.36. The molecule has 3 nitrogen and oxygen atoms in total. The van der Waals surface area contributed by atoms with E-state index in [4.69, 9.17) is 21.1 Å². The van der Waals surface area contributed by atoms with Crippen LogP contribution in [0.2, 0.25) is 0 Å². The summed E-state index contributed by atoms with van der Waals surface area (Å²) in [5.41, 5.74) is 2.85. The monoisotopic (exact) mass is 317 g/mol. The molecule has 0 aromatic heterocycles. The van der Waals surface area contributed by atoms with Gasteiger partial charge in [-0.05, 0) is 38.1 Å². The largest absolute Gasteiger partial charge is 0.493 e. The SMILES string of the molecule is COc1ccc2c3c1O[C@H]1[C@H](Cl)C=C[C@H]4[C@@H](C2)N(C)CC[C@@]341. The number of methoxy groups -OCH3 is 1. The van der Waals surface area contributed by atoms with Gasteiger partial charge in [-0.3, -0.25) is 0 Å². The van der Waals surface area contributed by atoms with E-state index in [-0.39, 0.29) is 16.9 Å². The van der Waals surface area contributed by atoms with Crippen LogP contribution in [0.5, 0.6) is 11.5 Å². The highest BCUT2D eigenvalue weighted by Crippen LogP contribution is 2.62. The molecule has 2 bridgehead atoms. The molecule has 5 atom stereocenters. The summed E-state index contributed by atoms with van der Waals surface area (Å²) in [7, 11) is 3.97. The van der Waals surface area contributed by atoms with Gasteiger partial charge in [0.1, 0.15) is 6.10 Å². The van der Waals surface area contributed by atoms with E-state index in [9.17, 15) is 0 Å². The van der Waals surface area contributed by atoms with Gasteiger partial charge in [-0.2, -0.15) is 0 Å². The summed E-state index contributed by atoms with van der Waals surface area (Å²) in [6.07, 6.45) is 6.73. The van der Waals surface area contributed by atoms with Crippen LogP contribution in [-0.4, -0.2) is 43.1 Å². The molecule has 1 spiro atoms. The fraction of sp³-hybridized carbons (Fsp3) is 0.556. The number of alkyl halides is 1. The Hall–Kier alpha value is -1.19. The predicted molar refractivity (Wildman–Crippen MR) is 86.1 cm³/mol. The molecule has 1 aromatic carbocycles. The van der Waals surface area contributed by atoms with Crippen LogP contribution in [0.1, 0.15) is 17.5 Å². The Labute approximate surface area is 135 Å². The molecule has 5 rings (SSSR count). The standard InChI is InChI=1S/C18H20ClNO2/c1-20-8-7-18-11-4-5-12(19)17(18)22-16-14(21-2)6-3-10(15(16)18)9-13(11)20/h3-6,11-13,17H,7-9H2,1-2H3/t11-,12+,13+,17-,18-/m0/s1. The number of piperidine rings is 1. The molecule has 0 saturated carbocycles. The first-order chi connectivity index (χ1) is 10.7. The van der Waals surface area contributed by atoms with Crippen molar-refractivity contribution in [1.82, 2.24) is 4.90 Å². The molecule has 1 saturated heterocycles. The molecule has 0 unspecified atom stereocenters. The van der Waals surface area contributed by atoms with Crippen LogP contribution in [0.15, 0.2) is 24.3 Å². The minimum Gasteiger partial charge on any atom is -0.493 e. The van der Waals surface area contributed by atoms with Crippen molar-refractivity contribution in [2.75, 3.05) is 20.7 Å². The maximum absolute atomic E-state index is 6.66. The number of likely N-dealkylation sites (N-methyl/N-ethyl adjacent to an activating group) is 1. The molecule has 4 aliphatic rings. The molecule has 0 N–H and O–H groups in total. The van der Waals surface area contributed by atoms with E-state index in [2.05, 4.69) is 36.2 Å². The molecular weight excluding hydrogens is 298 g/mol. The van der Waals surface area contributed by atoms with Gasteiger partial charge in [0.05, 0.1) is 12.5 Å². The number of halogens is 1. The molecule has 0 radical (unpaired) electrons. The van der Waals surface area contributed by atoms with Gasteiger partial charge in [0.2, 0.25) is 0 Å². The maximum atomic E-state index is 6.66. The molecule has 0 amide bonds. The number of rotatable bonds is 1. The van der Waals surface area contributed by atoms with E-state index in [0.717, 1.165) is 30.9 Å². The summed E-state index contributed by atoms with van der Waals surface area (Å²) >= 11 is 6.66. The number of likely N-dealkylation sites (tertiary alicyclic amines) is 1. The first-order valence-corrected chi connectivity index (χ1v) is 8.50. The third-order valence-corrected chi connectivity index (χ3v) is 6.69. The van der Waals surface area contributed by atoms with Crippen LogP contribution in [0.4, 0.5) is 0 Å². The van der Waals surface area contributed by atoms with Gasteiger partial charge in [-0.1, -0.05) is 18.2 Å². The Morgan fingerprint density at radius 1 is 1.36 bits per heavy atom. The van der Waals surface area contributed by atoms with Crippen molar-refractivity contribution < 1.29 is 9.47 Å². The van der Waals surface area contributed by atoms with Crippen molar-refractivity contribution >= 4 is 11.6 Å². The highest BCUT2D eigenvalue weighted by atomic mass is 35.5. The summed E-state index contributed by atoms with van der Waals surface area (Å²) in [4.78, 5) is 2.51. The zero-order valence-electron chi connectivity index (χ0n) is 12.9. The first-order valence-electron chi connectivity index (χ1n) is 8.06. The van der Waals surface area contributed by atoms with Gasteiger partial charge < -0.3 is 14.4 Å². The average molecular weight is 318 g/mol. The van der Waals surface area contributed by atoms with E-state index in [0.29, 0.717) is 12.0 Å².